The van der Waals surface area contributed by atoms with Crippen LogP contribution in [-0.2, 0) is 13.2 Å². The van der Waals surface area contributed by atoms with Gasteiger partial charge >= 0.3 is 6.09 Å². The predicted molar refractivity (Wildman–Crippen MR) is 121 cm³/mol. The molecule has 0 heterocycles. The quantitative estimate of drug-likeness (QED) is 0.392. The minimum atomic E-state index is -1.16. The van der Waals surface area contributed by atoms with E-state index < -0.39 is 12.0 Å². The van der Waals surface area contributed by atoms with Crippen molar-refractivity contribution >= 4 is 23.6 Å². The Kier molecular flexibility index (Phi) is 8.34. The molecular weight excluding hydrogens is 432 g/mol. The lowest BCUT2D eigenvalue weighted by Gasteiger charge is -2.17. The molecule has 0 aliphatic rings. The van der Waals surface area contributed by atoms with Crippen LogP contribution in [0.25, 0.3) is 0 Å². The number of rotatable bonds is 10. The van der Waals surface area contributed by atoms with Crippen molar-refractivity contribution in [1.82, 2.24) is 10.6 Å². The molecule has 0 saturated carbocycles. The molecule has 0 aromatic heterocycles. The number of ether oxygens (including phenoxy) is 2. The van der Waals surface area contributed by atoms with Crippen LogP contribution in [0.2, 0.25) is 5.02 Å². The van der Waals surface area contributed by atoms with Crippen molar-refractivity contribution in [2.24, 2.45) is 0 Å². The summed E-state index contributed by atoms with van der Waals surface area (Å²) in [6.07, 6.45) is -1.16. The van der Waals surface area contributed by atoms with Gasteiger partial charge in [0.2, 0.25) is 0 Å². The average Bonchev–Trinajstić information content (AvgIpc) is 2.81. The van der Waals surface area contributed by atoms with Crippen LogP contribution in [0.15, 0.2) is 72.8 Å². The zero-order chi connectivity index (χ0) is 22.8. The summed E-state index contributed by atoms with van der Waals surface area (Å²) in [4.78, 5) is 23.1. The van der Waals surface area contributed by atoms with Crippen LogP contribution in [0.3, 0.4) is 0 Å². The highest BCUT2D eigenvalue weighted by molar-refractivity contribution is 6.35. The van der Waals surface area contributed by atoms with E-state index in [1.807, 2.05) is 60.7 Å². The van der Waals surface area contributed by atoms with Gasteiger partial charge in [-0.1, -0.05) is 72.3 Å². The predicted octanol–water partition coefficient (Wildman–Crippen LogP) is 4.50. The summed E-state index contributed by atoms with van der Waals surface area (Å²) in [7, 11) is 0. The molecule has 3 aromatic rings. The summed E-state index contributed by atoms with van der Waals surface area (Å²) in [6, 6.07) is 22.4. The molecule has 166 valence electrons. The van der Waals surface area contributed by atoms with E-state index in [9.17, 15) is 9.59 Å². The van der Waals surface area contributed by atoms with Gasteiger partial charge in [0, 0.05) is 13.1 Å². The van der Waals surface area contributed by atoms with Crippen molar-refractivity contribution in [2.75, 3.05) is 13.1 Å². The van der Waals surface area contributed by atoms with Gasteiger partial charge in [-0.25, -0.2) is 4.79 Å². The number of nitrogens with one attached hydrogen (secondary N) is 2. The molecular formula is C24H23ClN2O5. The minimum Gasteiger partial charge on any atom is -0.485 e. The second-order valence-electron chi connectivity index (χ2n) is 6.79. The summed E-state index contributed by atoms with van der Waals surface area (Å²) in [5.74, 6) is 0.239. The first kappa shape index (κ1) is 23.0. The first-order chi connectivity index (χ1) is 15.5. The van der Waals surface area contributed by atoms with E-state index in [4.69, 9.17) is 26.2 Å². The van der Waals surface area contributed by atoms with Gasteiger partial charge in [-0.15, -0.1) is 0 Å². The molecule has 3 rings (SSSR count). The zero-order valence-corrected chi connectivity index (χ0v) is 18.0. The highest BCUT2D eigenvalue weighted by Gasteiger charge is 2.19. The van der Waals surface area contributed by atoms with Gasteiger partial charge in [0.25, 0.3) is 5.91 Å². The van der Waals surface area contributed by atoms with E-state index in [0.717, 1.165) is 11.1 Å². The third kappa shape index (κ3) is 6.65. The number of hydrogen-bond donors (Lipinski definition) is 3. The molecule has 3 N–H and O–H groups in total. The fraction of sp³-hybridized carbons (Fsp3) is 0.167. The Morgan fingerprint density at radius 3 is 1.94 bits per heavy atom. The molecule has 0 saturated heterocycles. The number of carboxylic acid groups (broad SMARTS) is 1. The number of hydrogen-bond acceptors (Lipinski definition) is 4. The molecule has 32 heavy (non-hydrogen) atoms. The van der Waals surface area contributed by atoms with E-state index in [0.29, 0.717) is 12.4 Å². The van der Waals surface area contributed by atoms with Crippen LogP contribution in [0.1, 0.15) is 21.5 Å². The normalized spacial score (nSPS) is 10.3. The van der Waals surface area contributed by atoms with Crippen LogP contribution in [-0.4, -0.2) is 30.2 Å². The maximum Gasteiger partial charge on any atom is 0.404 e. The van der Waals surface area contributed by atoms with Crippen molar-refractivity contribution in [3.8, 4) is 11.5 Å². The monoisotopic (exact) mass is 454 g/mol. The molecule has 0 radical (unpaired) electrons. The highest BCUT2D eigenvalue weighted by Crippen LogP contribution is 2.38. The number of halogens is 1. The maximum absolute atomic E-state index is 12.6. The maximum atomic E-state index is 12.6. The first-order valence-corrected chi connectivity index (χ1v) is 10.3. The fourth-order valence-electron chi connectivity index (χ4n) is 2.87. The Morgan fingerprint density at radius 2 is 1.34 bits per heavy atom. The summed E-state index contributed by atoms with van der Waals surface area (Å²) >= 11 is 6.54. The highest BCUT2D eigenvalue weighted by atomic mass is 35.5. The molecule has 8 heteroatoms. The van der Waals surface area contributed by atoms with Gasteiger partial charge in [0.15, 0.2) is 11.5 Å². The summed E-state index contributed by atoms with van der Waals surface area (Å²) in [5.41, 5.74) is 2.12. The molecule has 0 aliphatic heterocycles. The number of amides is 2. The van der Waals surface area contributed by atoms with E-state index in [-0.39, 0.29) is 36.0 Å². The van der Waals surface area contributed by atoms with Crippen LogP contribution in [0.4, 0.5) is 4.79 Å². The molecule has 3 aromatic carbocycles. The Morgan fingerprint density at radius 1 is 0.781 bits per heavy atom. The van der Waals surface area contributed by atoms with E-state index in [1.54, 1.807) is 12.1 Å². The molecule has 0 bridgehead atoms. The van der Waals surface area contributed by atoms with Crippen molar-refractivity contribution in [2.45, 2.75) is 13.2 Å². The molecule has 0 aliphatic carbocycles. The Labute approximate surface area is 190 Å². The second kappa shape index (κ2) is 11.6. The summed E-state index contributed by atoms with van der Waals surface area (Å²) in [5, 5.41) is 13.5. The van der Waals surface area contributed by atoms with Crippen LogP contribution < -0.4 is 20.1 Å². The first-order valence-electron chi connectivity index (χ1n) is 9.95. The van der Waals surface area contributed by atoms with Gasteiger partial charge < -0.3 is 25.2 Å². The van der Waals surface area contributed by atoms with E-state index in [2.05, 4.69) is 10.6 Å². The molecule has 0 fully saturated rings. The molecule has 0 unspecified atom stereocenters. The minimum absolute atomic E-state index is 0.0777. The Balaban J connectivity index is 1.78. The second-order valence-corrected chi connectivity index (χ2v) is 7.17. The Bertz CT molecular complexity index is 1050. The topological polar surface area (TPSA) is 96.9 Å². The van der Waals surface area contributed by atoms with E-state index in [1.165, 1.54) is 0 Å². The van der Waals surface area contributed by atoms with Crippen LogP contribution in [0, 0.1) is 0 Å². The van der Waals surface area contributed by atoms with Crippen LogP contribution in [0.5, 0.6) is 11.5 Å². The molecule has 0 spiro atoms. The van der Waals surface area contributed by atoms with Gasteiger partial charge in [-0.05, 0) is 23.3 Å². The summed E-state index contributed by atoms with van der Waals surface area (Å²) < 4.78 is 11.9. The number of benzene rings is 3. The van der Waals surface area contributed by atoms with Gasteiger partial charge in [-0.2, -0.15) is 0 Å². The van der Waals surface area contributed by atoms with Gasteiger partial charge in [-0.3, -0.25) is 4.79 Å². The fourth-order valence-corrected chi connectivity index (χ4v) is 3.16. The largest absolute Gasteiger partial charge is 0.485 e. The lowest BCUT2D eigenvalue weighted by molar-refractivity contribution is 0.0952. The van der Waals surface area contributed by atoms with Gasteiger partial charge in [0.1, 0.15) is 13.2 Å². The lowest BCUT2D eigenvalue weighted by Crippen LogP contribution is -2.34. The number of carbonyl (C=O) groups is 2. The van der Waals surface area contributed by atoms with Crippen molar-refractivity contribution in [1.29, 1.82) is 0 Å². The molecule has 7 nitrogen and oxygen atoms in total. The standard InChI is InChI=1S/C24H23ClN2O5/c25-21-19(23(28)26-13-14-27-24(29)30)11-12-20(31-15-17-7-3-1-4-8-17)22(21)32-16-18-9-5-2-6-10-18/h1-12,27H,13-16H2,(H,26,28)(H,29,30). The van der Waals surface area contributed by atoms with Crippen molar-refractivity contribution in [3.63, 3.8) is 0 Å². The van der Waals surface area contributed by atoms with Crippen molar-refractivity contribution < 1.29 is 24.2 Å². The number of carbonyl (C=O) groups excluding carboxylic acids is 1. The smallest absolute Gasteiger partial charge is 0.404 e. The third-order valence-corrected chi connectivity index (χ3v) is 4.83. The average molecular weight is 455 g/mol. The zero-order valence-electron chi connectivity index (χ0n) is 17.2. The third-order valence-electron chi connectivity index (χ3n) is 4.46. The van der Waals surface area contributed by atoms with Crippen molar-refractivity contribution in [3.05, 3.63) is 94.5 Å². The van der Waals surface area contributed by atoms with E-state index >= 15 is 0 Å². The Hall–Kier alpha value is -3.71. The van der Waals surface area contributed by atoms with Crippen LogP contribution >= 0.6 is 11.6 Å². The SMILES string of the molecule is O=C(O)NCCNC(=O)c1ccc(OCc2ccccc2)c(OCc2ccccc2)c1Cl. The molecule has 0 atom stereocenters. The molecule has 2 amide bonds. The van der Waals surface area contributed by atoms with Gasteiger partial charge in [0.05, 0.1) is 10.6 Å². The summed E-state index contributed by atoms with van der Waals surface area (Å²) in [6.45, 7) is 0.753. The lowest BCUT2D eigenvalue weighted by atomic mass is 10.1.